The molecule has 3 amide bonds. The molecule has 0 aromatic heterocycles. The third kappa shape index (κ3) is 2.43. The van der Waals surface area contributed by atoms with Crippen molar-refractivity contribution in [3.63, 3.8) is 0 Å². The lowest BCUT2D eigenvalue weighted by Crippen LogP contribution is -2.40. The highest BCUT2D eigenvalue weighted by Gasteiger charge is 2.66. The van der Waals surface area contributed by atoms with Crippen LogP contribution in [0.1, 0.15) is 12.8 Å². The van der Waals surface area contributed by atoms with Crippen LogP contribution in [0.4, 0.5) is 5.69 Å². The van der Waals surface area contributed by atoms with Crippen molar-refractivity contribution >= 4 is 34.2 Å². The molecule has 146 valence electrons. The highest BCUT2D eigenvalue weighted by atomic mass is 16.2. The molecule has 2 aromatic carbocycles. The lowest BCUT2D eigenvalue weighted by molar-refractivity contribution is -0.140. The van der Waals surface area contributed by atoms with Gasteiger partial charge in [-0.05, 0) is 41.5 Å². The molecule has 1 heterocycles. The summed E-state index contributed by atoms with van der Waals surface area (Å²) in [6.07, 6.45) is 5.61. The second-order valence-electron chi connectivity index (χ2n) is 8.81. The summed E-state index contributed by atoms with van der Waals surface area (Å²) in [4.78, 5) is 39.9. The van der Waals surface area contributed by atoms with E-state index in [0.717, 1.165) is 22.9 Å². The van der Waals surface area contributed by atoms with Gasteiger partial charge in [-0.2, -0.15) is 0 Å². The fraction of sp³-hybridized carbons (Fsp3) is 0.375. The summed E-state index contributed by atoms with van der Waals surface area (Å²) < 4.78 is 0. The van der Waals surface area contributed by atoms with E-state index in [0.29, 0.717) is 11.8 Å². The van der Waals surface area contributed by atoms with E-state index >= 15 is 0 Å². The van der Waals surface area contributed by atoms with Crippen LogP contribution < -0.4 is 5.32 Å². The van der Waals surface area contributed by atoms with Gasteiger partial charge in [-0.25, -0.2) is 0 Å². The first kappa shape index (κ1) is 17.0. The van der Waals surface area contributed by atoms with Crippen LogP contribution in [-0.4, -0.2) is 29.2 Å². The molecule has 0 spiro atoms. The molecule has 1 N–H and O–H groups in total. The van der Waals surface area contributed by atoms with Gasteiger partial charge in [-0.1, -0.05) is 48.6 Å². The predicted molar refractivity (Wildman–Crippen MR) is 109 cm³/mol. The number of imide groups is 1. The molecule has 1 saturated heterocycles. The van der Waals surface area contributed by atoms with E-state index in [-0.39, 0.29) is 54.4 Å². The molecule has 0 unspecified atom stereocenters. The number of nitrogens with zero attached hydrogens (tertiary/aromatic N) is 1. The molecule has 7 rings (SSSR count). The van der Waals surface area contributed by atoms with Crippen molar-refractivity contribution < 1.29 is 14.4 Å². The molecule has 1 aliphatic heterocycles. The lowest BCUT2D eigenvalue weighted by Gasteiger charge is -2.37. The zero-order valence-electron chi connectivity index (χ0n) is 16.0. The summed E-state index contributed by atoms with van der Waals surface area (Å²) in [5.41, 5.74) is 0.753. The Morgan fingerprint density at radius 2 is 1.59 bits per heavy atom. The van der Waals surface area contributed by atoms with Gasteiger partial charge in [-0.15, -0.1) is 0 Å². The first-order valence-electron chi connectivity index (χ1n) is 10.4. The lowest BCUT2D eigenvalue weighted by atomic mass is 9.63. The summed E-state index contributed by atoms with van der Waals surface area (Å²) in [5.74, 6) is 0.938. The Morgan fingerprint density at radius 1 is 0.931 bits per heavy atom. The van der Waals surface area contributed by atoms with Gasteiger partial charge in [0, 0.05) is 24.0 Å². The second-order valence-corrected chi connectivity index (χ2v) is 8.81. The molecule has 6 atom stereocenters. The Balaban J connectivity index is 1.15. The fourth-order valence-corrected chi connectivity index (χ4v) is 6.00. The fourth-order valence-electron chi connectivity index (χ4n) is 6.00. The van der Waals surface area contributed by atoms with Crippen LogP contribution in [0.2, 0.25) is 0 Å². The van der Waals surface area contributed by atoms with Crippen LogP contribution in [0.25, 0.3) is 10.8 Å². The number of anilines is 1. The van der Waals surface area contributed by atoms with Gasteiger partial charge in [0.1, 0.15) is 0 Å². The standard InChI is InChI=1S/C24H22N2O3/c27-20(25-19-7-3-5-13-4-1-2-6-14(13)19)10-11-26-23(28)21-15-8-9-16(18-12-17(15)18)22(21)24(26)29/h1-9,15-18,21-22H,10-12H2,(H,25,27)/t15-,16-,17-,18+,21-,22+/m0/s1. The van der Waals surface area contributed by atoms with Crippen LogP contribution in [0.3, 0.4) is 0 Å². The maximum absolute atomic E-state index is 13.0. The van der Waals surface area contributed by atoms with Crippen molar-refractivity contribution in [2.24, 2.45) is 35.5 Å². The number of benzene rings is 2. The summed E-state index contributed by atoms with van der Waals surface area (Å²) in [5, 5.41) is 4.98. The summed E-state index contributed by atoms with van der Waals surface area (Å²) in [6.45, 7) is 0.163. The molecule has 5 nitrogen and oxygen atoms in total. The largest absolute Gasteiger partial charge is 0.325 e. The molecular formula is C24H22N2O3. The van der Waals surface area contributed by atoms with Crippen molar-refractivity contribution in [1.29, 1.82) is 0 Å². The minimum absolute atomic E-state index is 0.0670. The van der Waals surface area contributed by atoms with E-state index in [9.17, 15) is 14.4 Å². The number of fused-ring (bicyclic) bond motifs is 1. The molecule has 4 aliphatic carbocycles. The highest BCUT2D eigenvalue weighted by molar-refractivity contribution is 6.07. The molecule has 5 aliphatic rings. The summed E-state index contributed by atoms with van der Waals surface area (Å²) in [6, 6.07) is 13.7. The van der Waals surface area contributed by atoms with Gasteiger partial charge in [0.25, 0.3) is 0 Å². The van der Waals surface area contributed by atoms with E-state index in [4.69, 9.17) is 0 Å². The molecule has 2 saturated carbocycles. The molecule has 2 aromatic rings. The van der Waals surface area contributed by atoms with Crippen molar-refractivity contribution in [3.05, 3.63) is 54.6 Å². The van der Waals surface area contributed by atoms with Gasteiger partial charge in [0.15, 0.2) is 0 Å². The molecule has 29 heavy (non-hydrogen) atoms. The maximum Gasteiger partial charge on any atom is 0.233 e. The number of amides is 3. The second kappa shape index (κ2) is 6.02. The summed E-state index contributed by atoms with van der Waals surface area (Å²) >= 11 is 0. The van der Waals surface area contributed by atoms with E-state index in [1.165, 1.54) is 4.90 Å². The number of nitrogens with one attached hydrogen (secondary N) is 1. The molecule has 3 fully saturated rings. The van der Waals surface area contributed by atoms with Crippen LogP contribution in [0.15, 0.2) is 54.6 Å². The average molecular weight is 386 g/mol. The van der Waals surface area contributed by atoms with Gasteiger partial charge < -0.3 is 5.32 Å². The molecule has 2 bridgehead atoms. The summed E-state index contributed by atoms with van der Waals surface area (Å²) in [7, 11) is 0. The average Bonchev–Trinajstić information content (AvgIpc) is 3.52. The van der Waals surface area contributed by atoms with E-state index in [2.05, 4.69) is 17.5 Å². The zero-order chi connectivity index (χ0) is 19.7. The smallest absolute Gasteiger partial charge is 0.233 e. The topological polar surface area (TPSA) is 66.5 Å². The van der Waals surface area contributed by atoms with Crippen LogP contribution in [0, 0.1) is 35.5 Å². The Bertz CT molecular complexity index is 1050. The third-order valence-electron chi connectivity index (χ3n) is 7.38. The first-order chi connectivity index (χ1) is 14.1. The van der Waals surface area contributed by atoms with Gasteiger partial charge in [-0.3, -0.25) is 19.3 Å². The number of carbonyl (C=O) groups excluding carboxylic acids is 3. The van der Waals surface area contributed by atoms with Gasteiger partial charge >= 0.3 is 0 Å². The first-order valence-corrected chi connectivity index (χ1v) is 10.4. The van der Waals surface area contributed by atoms with Gasteiger partial charge in [0.05, 0.1) is 11.8 Å². The molecule has 5 heteroatoms. The van der Waals surface area contributed by atoms with Gasteiger partial charge in [0.2, 0.25) is 17.7 Å². The van der Waals surface area contributed by atoms with Crippen LogP contribution in [-0.2, 0) is 14.4 Å². The Kier molecular flexibility index (Phi) is 3.52. The SMILES string of the molecule is O=C(CCN1C(=O)[C@@H]2[C@H]3C=C[C@@H]([C@@H]4C[C@H]34)[C@@H]2C1=O)Nc1cccc2ccccc12. The number of likely N-dealkylation sites (tertiary alicyclic amines) is 1. The number of rotatable bonds is 4. The van der Waals surface area contributed by atoms with Crippen molar-refractivity contribution in [2.75, 3.05) is 11.9 Å². The number of hydrogen-bond acceptors (Lipinski definition) is 3. The van der Waals surface area contributed by atoms with E-state index in [1.54, 1.807) is 0 Å². The van der Waals surface area contributed by atoms with E-state index < -0.39 is 0 Å². The Morgan fingerprint density at radius 3 is 2.31 bits per heavy atom. The van der Waals surface area contributed by atoms with Crippen molar-refractivity contribution in [1.82, 2.24) is 4.90 Å². The number of carbonyl (C=O) groups is 3. The number of hydrogen-bond donors (Lipinski definition) is 1. The quantitative estimate of drug-likeness (QED) is 0.648. The molecular weight excluding hydrogens is 364 g/mol. The van der Waals surface area contributed by atoms with Crippen molar-refractivity contribution in [3.8, 4) is 0 Å². The Labute approximate surface area is 168 Å². The maximum atomic E-state index is 13.0. The normalized spacial score (nSPS) is 33.7. The predicted octanol–water partition coefficient (Wildman–Crippen LogP) is 3.22. The van der Waals surface area contributed by atoms with E-state index in [1.807, 2.05) is 42.5 Å². The van der Waals surface area contributed by atoms with Crippen LogP contribution >= 0.6 is 0 Å². The van der Waals surface area contributed by atoms with Crippen molar-refractivity contribution in [2.45, 2.75) is 12.8 Å². The third-order valence-corrected chi connectivity index (χ3v) is 7.38. The number of allylic oxidation sites excluding steroid dienone is 2. The zero-order valence-corrected chi connectivity index (χ0v) is 16.0. The van der Waals surface area contributed by atoms with Crippen LogP contribution in [0.5, 0.6) is 0 Å². The minimum atomic E-state index is -0.192. The highest BCUT2D eigenvalue weighted by Crippen LogP contribution is 2.65. The molecule has 0 radical (unpaired) electrons. The monoisotopic (exact) mass is 386 g/mol. The minimum Gasteiger partial charge on any atom is -0.325 e. The Hall–Kier alpha value is -2.95.